The summed E-state index contributed by atoms with van der Waals surface area (Å²) >= 11 is 1.32. The Labute approximate surface area is 92.2 Å². The van der Waals surface area contributed by atoms with E-state index >= 15 is 0 Å². The summed E-state index contributed by atoms with van der Waals surface area (Å²) in [5.41, 5.74) is 0. The van der Waals surface area contributed by atoms with Crippen LogP contribution < -0.4 is 4.90 Å². The molecule has 1 saturated carbocycles. The monoisotopic (exact) mass is 227 g/mol. The first-order chi connectivity index (χ1) is 7.31. The predicted octanol–water partition coefficient (Wildman–Crippen LogP) is 1.07. The summed E-state index contributed by atoms with van der Waals surface area (Å²) in [6.07, 6.45) is 3.76. The third-order valence-corrected chi connectivity index (χ3v) is 2.89. The molecule has 0 radical (unpaired) electrons. The van der Waals surface area contributed by atoms with E-state index < -0.39 is 0 Å². The van der Waals surface area contributed by atoms with Gasteiger partial charge in [0, 0.05) is 17.6 Å². The van der Waals surface area contributed by atoms with Gasteiger partial charge < -0.3 is 9.64 Å². The fourth-order valence-corrected chi connectivity index (χ4v) is 1.98. The van der Waals surface area contributed by atoms with E-state index in [0.717, 1.165) is 18.0 Å². The number of ether oxygens (including phenoxy) is 1. The zero-order valence-electron chi connectivity index (χ0n) is 8.55. The van der Waals surface area contributed by atoms with E-state index in [1.54, 1.807) is 0 Å². The number of hydrogen-bond acceptors (Lipinski definition) is 6. The maximum Gasteiger partial charge on any atom is 0.325 e. The number of nitrogens with zero attached hydrogens (tertiary/aromatic N) is 3. The lowest BCUT2D eigenvalue weighted by Gasteiger charge is -2.19. The van der Waals surface area contributed by atoms with Crippen molar-refractivity contribution in [2.45, 2.75) is 25.8 Å². The molecule has 82 valence electrons. The number of hydrogen-bond donors (Lipinski definition) is 0. The molecule has 1 heterocycles. The van der Waals surface area contributed by atoms with Gasteiger partial charge in [0.2, 0.25) is 5.13 Å². The summed E-state index contributed by atoms with van der Waals surface area (Å²) < 4.78 is 8.87. The topological polar surface area (TPSA) is 55.3 Å². The first-order valence-corrected chi connectivity index (χ1v) is 5.77. The highest BCUT2D eigenvalue weighted by atomic mass is 32.1. The Balaban J connectivity index is 1.98. The smallest absolute Gasteiger partial charge is 0.325 e. The number of anilines is 1. The molecule has 0 unspecified atom stereocenters. The molecule has 1 fully saturated rings. The Bertz CT molecular complexity index is 324. The Kier molecular flexibility index (Phi) is 3.15. The van der Waals surface area contributed by atoms with Crippen molar-refractivity contribution < 1.29 is 9.53 Å². The number of esters is 1. The first-order valence-electron chi connectivity index (χ1n) is 5.00. The highest BCUT2D eigenvalue weighted by Crippen LogP contribution is 2.31. The van der Waals surface area contributed by atoms with Crippen molar-refractivity contribution in [2.75, 3.05) is 18.1 Å². The van der Waals surface area contributed by atoms with Crippen molar-refractivity contribution in [3.05, 3.63) is 6.33 Å². The van der Waals surface area contributed by atoms with Gasteiger partial charge in [-0.05, 0) is 19.8 Å². The molecule has 15 heavy (non-hydrogen) atoms. The second-order valence-electron chi connectivity index (χ2n) is 3.39. The second kappa shape index (κ2) is 4.57. The van der Waals surface area contributed by atoms with Crippen molar-refractivity contribution in [3.8, 4) is 0 Å². The van der Waals surface area contributed by atoms with E-state index in [1.807, 2.05) is 11.8 Å². The molecule has 0 amide bonds. The van der Waals surface area contributed by atoms with Crippen LogP contribution in [-0.4, -0.2) is 34.5 Å². The van der Waals surface area contributed by atoms with Crippen LogP contribution >= 0.6 is 11.5 Å². The van der Waals surface area contributed by atoms with Gasteiger partial charge in [-0.15, -0.1) is 0 Å². The van der Waals surface area contributed by atoms with Gasteiger partial charge in [0.25, 0.3) is 0 Å². The fourth-order valence-electron chi connectivity index (χ4n) is 1.38. The molecular weight excluding hydrogens is 214 g/mol. The molecule has 0 bridgehead atoms. The van der Waals surface area contributed by atoms with Crippen LogP contribution in [0.25, 0.3) is 0 Å². The Morgan fingerprint density at radius 3 is 3.07 bits per heavy atom. The molecule has 5 nitrogen and oxygen atoms in total. The fraction of sp³-hybridized carbons (Fsp3) is 0.667. The standard InChI is InChI=1S/C9H13N3O2S/c1-2-14-8(13)5-12(7-3-4-7)9-10-6-11-15-9/h6-7H,2-5H2,1H3. The van der Waals surface area contributed by atoms with E-state index in [2.05, 4.69) is 9.36 Å². The van der Waals surface area contributed by atoms with Crippen LogP contribution in [0.4, 0.5) is 5.13 Å². The number of carbonyl (C=O) groups excluding carboxylic acids is 1. The average Bonchev–Trinajstić information content (AvgIpc) is 2.90. The van der Waals surface area contributed by atoms with Gasteiger partial charge in [-0.2, -0.15) is 4.37 Å². The van der Waals surface area contributed by atoms with Crippen molar-refractivity contribution >= 4 is 22.6 Å². The Hall–Kier alpha value is -1.17. The molecule has 6 heteroatoms. The second-order valence-corrected chi connectivity index (χ2v) is 4.15. The highest BCUT2D eigenvalue weighted by Gasteiger charge is 2.32. The predicted molar refractivity (Wildman–Crippen MR) is 56.9 cm³/mol. The van der Waals surface area contributed by atoms with Crippen LogP contribution in [0.1, 0.15) is 19.8 Å². The van der Waals surface area contributed by atoms with E-state index in [4.69, 9.17) is 4.74 Å². The van der Waals surface area contributed by atoms with Crippen LogP contribution in [0.2, 0.25) is 0 Å². The van der Waals surface area contributed by atoms with Crippen LogP contribution in [0.15, 0.2) is 6.33 Å². The first kappa shape index (κ1) is 10.4. The number of carbonyl (C=O) groups is 1. The van der Waals surface area contributed by atoms with Crippen LogP contribution in [0.3, 0.4) is 0 Å². The quantitative estimate of drug-likeness (QED) is 0.704. The van der Waals surface area contributed by atoms with Crippen molar-refractivity contribution in [3.63, 3.8) is 0 Å². The lowest BCUT2D eigenvalue weighted by Crippen LogP contribution is -2.32. The molecule has 1 aromatic heterocycles. The highest BCUT2D eigenvalue weighted by molar-refractivity contribution is 7.09. The molecule has 0 aromatic carbocycles. The summed E-state index contributed by atoms with van der Waals surface area (Å²) in [5, 5.41) is 0.811. The molecule has 0 saturated heterocycles. The summed E-state index contributed by atoms with van der Waals surface area (Å²) in [6.45, 7) is 2.52. The van der Waals surface area contributed by atoms with Gasteiger partial charge in [0.15, 0.2) is 0 Å². The zero-order valence-corrected chi connectivity index (χ0v) is 9.37. The molecule has 0 N–H and O–H groups in total. The summed E-state index contributed by atoms with van der Waals surface area (Å²) in [5.74, 6) is -0.195. The van der Waals surface area contributed by atoms with E-state index in [1.165, 1.54) is 17.9 Å². The minimum Gasteiger partial charge on any atom is -0.465 e. The third kappa shape index (κ3) is 2.65. The maximum absolute atomic E-state index is 11.4. The molecule has 2 rings (SSSR count). The number of rotatable bonds is 5. The molecule has 1 aromatic rings. The van der Waals surface area contributed by atoms with E-state index in [9.17, 15) is 4.79 Å². The number of aromatic nitrogens is 2. The van der Waals surface area contributed by atoms with Gasteiger partial charge in [-0.3, -0.25) is 4.79 Å². The minimum atomic E-state index is -0.195. The van der Waals surface area contributed by atoms with Gasteiger partial charge in [0.1, 0.15) is 12.9 Å². The zero-order chi connectivity index (χ0) is 10.7. The summed E-state index contributed by atoms with van der Waals surface area (Å²) in [4.78, 5) is 17.5. The van der Waals surface area contributed by atoms with Gasteiger partial charge in [0.05, 0.1) is 6.61 Å². The molecule has 1 aliphatic rings. The lowest BCUT2D eigenvalue weighted by molar-refractivity contribution is -0.141. The van der Waals surface area contributed by atoms with Crippen molar-refractivity contribution in [2.24, 2.45) is 0 Å². The molecular formula is C9H13N3O2S. The SMILES string of the molecule is CCOC(=O)CN(c1ncns1)C1CC1. The molecule has 1 aliphatic carbocycles. The maximum atomic E-state index is 11.4. The minimum absolute atomic E-state index is 0.195. The molecule has 0 spiro atoms. The lowest BCUT2D eigenvalue weighted by atomic mass is 10.5. The van der Waals surface area contributed by atoms with Crippen LogP contribution in [-0.2, 0) is 9.53 Å². The van der Waals surface area contributed by atoms with E-state index in [-0.39, 0.29) is 12.5 Å². The van der Waals surface area contributed by atoms with Gasteiger partial charge in [-0.1, -0.05) is 0 Å². The Morgan fingerprint density at radius 1 is 1.73 bits per heavy atom. The average molecular weight is 227 g/mol. The van der Waals surface area contributed by atoms with Gasteiger partial charge >= 0.3 is 5.97 Å². The van der Waals surface area contributed by atoms with E-state index in [0.29, 0.717) is 12.6 Å². The Morgan fingerprint density at radius 2 is 2.53 bits per heavy atom. The summed E-state index contributed by atoms with van der Waals surface area (Å²) in [6, 6.07) is 0.447. The largest absolute Gasteiger partial charge is 0.465 e. The van der Waals surface area contributed by atoms with Crippen molar-refractivity contribution in [1.29, 1.82) is 0 Å². The third-order valence-electron chi connectivity index (χ3n) is 2.19. The summed E-state index contributed by atoms with van der Waals surface area (Å²) in [7, 11) is 0. The molecule has 0 aliphatic heterocycles. The van der Waals surface area contributed by atoms with Crippen LogP contribution in [0.5, 0.6) is 0 Å². The van der Waals surface area contributed by atoms with Crippen LogP contribution in [0, 0.1) is 0 Å². The normalized spacial score (nSPS) is 15.0. The molecule has 0 atom stereocenters. The van der Waals surface area contributed by atoms with Gasteiger partial charge in [-0.25, -0.2) is 4.98 Å². The van der Waals surface area contributed by atoms with Crippen molar-refractivity contribution in [1.82, 2.24) is 9.36 Å².